The van der Waals surface area contributed by atoms with Gasteiger partial charge >= 0.3 is 0 Å². The zero-order valence-electron chi connectivity index (χ0n) is 14.6. The van der Waals surface area contributed by atoms with Crippen molar-refractivity contribution < 1.29 is 4.74 Å². The van der Waals surface area contributed by atoms with Crippen LogP contribution in [0.25, 0.3) is 10.9 Å². The van der Waals surface area contributed by atoms with E-state index in [-0.39, 0.29) is 0 Å². The number of aromatic nitrogens is 1. The highest BCUT2D eigenvalue weighted by Gasteiger charge is 2.08. The first-order valence-electron chi connectivity index (χ1n) is 8.64. The fraction of sp³-hybridized carbons (Fsp3) is 0.526. The highest BCUT2D eigenvalue weighted by atomic mass is 16.5. The third kappa shape index (κ3) is 5.39. The molecule has 4 nitrogen and oxygen atoms in total. The number of hydrogen-bond donors (Lipinski definition) is 2. The minimum absolute atomic E-state index is 0.415. The van der Waals surface area contributed by atoms with Gasteiger partial charge in [-0.15, -0.1) is 0 Å². The molecule has 0 bridgehead atoms. The number of ether oxygens (including phenoxy) is 1. The van der Waals surface area contributed by atoms with Crippen LogP contribution in [0.15, 0.2) is 30.5 Å². The second-order valence-electron chi connectivity index (χ2n) is 6.04. The number of methoxy groups -OCH3 is 1. The van der Waals surface area contributed by atoms with E-state index in [0.29, 0.717) is 6.04 Å². The van der Waals surface area contributed by atoms with Gasteiger partial charge in [0.15, 0.2) is 0 Å². The highest BCUT2D eigenvalue weighted by Crippen LogP contribution is 2.28. The molecule has 0 aliphatic heterocycles. The number of benzene rings is 1. The maximum absolute atomic E-state index is 5.40. The Balaban J connectivity index is 1.92. The van der Waals surface area contributed by atoms with E-state index in [1.807, 2.05) is 24.4 Å². The van der Waals surface area contributed by atoms with Gasteiger partial charge in [0.2, 0.25) is 0 Å². The van der Waals surface area contributed by atoms with Crippen molar-refractivity contribution >= 4 is 16.6 Å². The summed E-state index contributed by atoms with van der Waals surface area (Å²) in [6.45, 7) is 6.67. The van der Waals surface area contributed by atoms with Gasteiger partial charge in [-0.05, 0) is 51.4 Å². The van der Waals surface area contributed by atoms with E-state index in [1.165, 1.54) is 19.3 Å². The van der Waals surface area contributed by atoms with Crippen LogP contribution in [0.5, 0.6) is 5.75 Å². The fourth-order valence-electron chi connectivity index (χ4n) is 2.73. The number of anilines is 1. The lowest BCUT2D eigenvalue weighted by atomic mass is 10.1. The van der Waals surface area contributed by atoms with E-state index in [1.54, 1.807) is 7.11 Å². The predicted octanol–water partition coefficient (Wildman–Crippen LogP) is 4.21. The van der Waals surface area contributed by atoms with Gasteiger partial charge in [0.1, 0.15) is 5.75 Å². The Bertz CT molecular complexity index is 600. The number of nitrogens with one attached hydrogen (secondary N) is 2. The van der Waals surface area contributed by atoms with Crippen LogP contribution in [0.3, 0.4) is 0 Å². The first-order valence-corrected chi connectivity index (χ1v) is 8.64. The van der Waals surface area contributed by atoms with Gasteiger partial charge in [-0.2, -0.15) is 0 Å². The van der Waals surface area contributed by atoms with Crippen LogP contribution >= 0.6 is 0 Å². The second-order valence-corrected chi connectivity index (χ2v) is 6.04. The fourth-order valence-corrected chi connectivity index (χ4v) is 2.73. The summed E-state index contributed by atoms with van der Waals surface area (Å²) >= 11 is 0. The molecule has 1 atom stereocenters. The van der Waals surface area contributed by atoms with Crippen molar-refractivity contribution in [1.82, 2.24) is 10.3 Å². The van der Waals surface area contributed by atoms with E-state index in [9.17, 15) is 0 Å². The van der Waals surface area contributed by atoms with E-state index >= 15 is 0 Å². The van der Waals surface area contributed by atoms with Gasteiger partial charge in [-0.3, -0.25) is 4.98 Å². The van der Waals surface area contributed by atoms with E-state index < -0.39 is 0 Å². The molecule has 23 heavy (non-hydrogen) atoms. The van der Waals surface area contributed by atoms with Crippen molar-refractivity contribution in [3.8, 4) is 5.75 Å². The van der Waals surface area contributed by atoms with Gasteiger partial charge < -0.3 is 15.4 Å². The van der Waals surface area contributed by atoms with Crippen molar-refractivity contribution in [2.45, 2.75) is 45.6 Å². The summed E-state index contributed by atoms with van der Waals surface area (Å²) in [5, 5.41) is 8.15. The zero-order chi connectivity index (χ0) is 16.5. The SMILES string of the molecule is CCCNCCCCC(C)Nc1cc(OC)cc2cccnc12. The molecule has 2 rings (SSSR count). The smallest absolute Gasteiger partial charge is 0.121 e. The molecule has 0 spiro atoms. The molecule has 0 saturated carbocycles. The molecule has 2 aromatic rings. The van der Waals surface area contributed by atoms with E-state index in [4.69, 9.17) is 4.74 Å². The third-order valence-electron chi connectivity index (χ3n) is 3.98. The van der Waals surface area contributed by atoms with Crippen molar-refractivity contribution in [3.05, 3.63) is 30.5 Å². The topological polar surface area (TPSA) is 46.2 Å². The highest BCUT2D eigenvalue weighted by molar-refractivity contribution is 5.91. The molecule has 1 aromatic carbocycles. The average molecular weight is 315 g/mol. The van der Waals surface area contributed by atoms with E-state index in [2.05, 4.69) is 35.5 Å². The van der Waals surface area contributed by atoms with Crippen molar-refractivity contribution in [3.63, 3.8) is 0 Å². The van der Waals surface area contributed by atoms with Gasteiger partial charge in [0, 0.05) is 23.7 Å². The second kappa shape index (κ2) is 9.36. The van der Waals surface area contributed by atoms with Crippen molar-refractivity contribution in [2.75, 3.05) is 25.5 Å². The molecule has 0 aliphatic rings. The van der Waals surface area contributed by atoms with Gasteiger partial charge in [-0.25, -0.2) is 0 Å². The normalized spacial score (nSPS) is 12.3. The van der Waals surface area contributed by atoms with Crippen LogP contribution in [0.4, 0.5) is 5.69 Å². The van der Waals surface area contributed by atoms with Crippen LogP contribution in [-0.2, 0) is 0 Å². The Kier molecular flexibility index (Phi) is 7.14. The molecule has 0 amide bonds. The molecule has 1 aromatic heterocycles. The van der Waals surface area contributed by atoms with Crippen molar-refractivity contribution in [2.24, 2.45) is 0 Å². The van der Waals surface area contributed by atoms with Crippen LogP contribution in [0.1, 0.15) is 39.5 Å². The maximum atomic E-state index is 5.40. The maximum Gasteiger partial charge on any atom is 0.121 e. The van der Waals surface area contributed by atoms with Crippen LogP contribution in [0.2, 0.25) is 0 Å². The molecule has 126 valence electrons. The molecule has 0 saturated heterocycles. The first kappa shape index (κ1) is 17.5. The largest absolute Gasteiger partial charge is 0.497 e. The average Bonchev–Trinajstić information content (AvgIpc) is 2.57. The van der Waals surface area contributed by atoms with Crippen LogP contribution in [0, 0.1) is 0 Å². The Morgan fingerprint density at radius 3 is 2.87 bits per heavy atom. The lowest BCUT2D eigenvalue weighted by Crippen LogP contribution is -2.18. The molecular formula is C19H29N3O. The predicted molar refractivity (Wildman–Crippen MR) is 98.4 cm³/mol. The molecule has 1 unspecified atom stereocenters. The number of rotatable bonds is 10. The number of hydrogen-bond acceptors (Lipinski definition) is 4. The zero-order valence-corrected chi connectivity index (χ0v) is 14.6. The summed E-state index contributed by atoms with van der Waals surface area (Å²) in [7, 11) is 1.70. The first-order chi connectivity index (χ1) is 11.2. The van der Waals surface area contributed by atoms with Gasteiger partial charge in [0.05, 0.1) is 18.3 Å². The lowest BCUT2D eigenvalue weighted by molar-refractivity contribution is 0.415. The Labute approximate surface area is 139 Å². The molecule has 4 heteroatoms. The molecule has 0 radical (unpaired) electrons. The third-order valence-corrected chi connectivity index (χ3v) is 3.98. The summed E-state index contributed by atoms with van der Waals surface area (Å²) in [5.41, 5.74) is 2.06. The summed E-state index contributed by atoms with van der Waals surface area (Å²) in [6, 6.07) is 8.50. The van der Waals surface area contributed by atoms with E-state index in [0.717, 1.165) is 41.9 Å². The molecule has 2 N–H and O–H groups in total. The molecule has 1 heterocycles. The summed E-state index contributed by atoms with van der Waals surface area (Å²) < 4.78 is 5.40. The Morgan fingerprint density at radius 1 is 1.22 bits per heavy atom. The molecule has 0 fully saturated rings. The molecule has 0 aliphatic carbocycles. The summed E-state index contributed by atoms with van der Waals surface area (Å²) in [4.78, 5) is 4.51. The van der Waals surface area contributed by atoms with Crippen LogP contribution in [-0.4, -0.2) is 31.2 Å². The minimum Gasteiger partial charge on any atom is -0.497 e. The summed E-state index contributed by atoms with van der Waals surface area (Å²) in [5.74, 6) is 0.865. The standard InChI is InChI=1S/C19H29N3O/c1-4-10-20-11-6-5-8-15(2)22-18-14-17(23-3)13-16-9-7-12-21-19(16)18/h7,9,12-15,20,22H,4-6,8,10-11H2,1-3H3. The lowest BCUT2D eigenvalue weighted by Gasteiger charge is -2.17. The Hall–Kier alpha value is -1.81. The molecular weight excluding hydrogens is 286 g/mol. The number of unbranched alkanes of at least 4 members (excludes halogenated alkanes) is 1. The number of pyridine rings is 1. The van der Waals surface area contributed by atoms with Crippen LogP contribution < -0.4 is 15.4 Å². The van der Waals surface area contributed by atoms with Crippen molar-refractivity contribution in [1.29, 1.82) is 0 Å². The minimum atomic E-state index is 0.415. The van der Waals surface area contributed by atoms with Gasteiger partial charge in [-0.1, -0.05) is 19.4 Å². The number of fused-ring (bicyclic) bond motifs is 1. The Morgan fingerprint density at radius 2 is 2.09 bits per heavy atom. The summed E-state index contributed by atoms with van der Waals surface area (Å²) in [6.07, 6.45) is 6.64. The monoisotopic (exact) mass is 315 g/mol. The quantitative estimate of drug-likeness (QED) is 0.645. The number of nitrogens with zero attached hydrogens (tertiary/aromatic N) is 1. The van der Waals surface area contributed by atoms with Gasteiger partial charge in [0.25, 0.3) is 0 Å².